The standard InChI is InChI=1S/C3H6S2.Na.H/c4-3-1-5-2-3;;/h3-4H,1-2H2;;/q;+1;-1. The van der Waals surface area contributed by atoms with Gasteiger partial charge in [-0.3, -0.25) is 0 Å². The predicted molar refractivity (Wildman–Crippen MR) is 31.2 cm³/mol. The minimum Gasteiger partial charge on any atom is -1.00 e. The van der Waals surface area contributed by atoms with Crippen LogP contribution >= 0.6 is 24.4 Å². The molecule has 1 fully saturated rings. The second-order valence-electron chi connectivity index (χ2n) is 1.19. The quantitative estimate of drug-likeness (QED) is 0.297. The van der Waals surface area contributed by atoms with Crippen LogP contribution in [0.3, 0.4) is 0 Å². The maximum atomic E-state index is 4.16. The molecule has 0 spiro atoms. The summed E-state index contributed by atoms with van der Waals surface area (Å²) >= 11 is 6.13. The first kappa shape index (κ1) is 7.70. The fraction of sp³-hybridized carbons (Fsp3) is 1.00. The molecule has 0 unspecified atom stereocenters. The summed E-state index contributed by atoms with van der Waals surface area (Å²) in [5.41, 5.74) is 0. The van der Waals surface area contributed by atoms with Gasteiger partial charge in [0, 0.05) is 16.8 Å². The van der Waals surface area contributed by atoms with Gasteiger partial charge in [-0.1, -0.05) is 0 Å². The first-order chi connectivity index (χ1) is 2.39. The Hall–Kier alpha value is 1.70. The van der Waals surface area contributed by atoms with E-state index in [2.05, 4.69) is 12.6 Å². The van der Waals surface area contributed by atoms with Gasteiger partial charge in [-0.05, 0) is 0 Å². The Morgan fingerprint density at radius 1 is 1.67 bits per heavy atom. The predicted octanol–water partition coefficient (Wildman–Crippen LogP) is -1.85. The summed E-state index contributed by atoms with van der Waals surface area (Å²) in [6, 6.07) is 0. The average Bonchev–Trinajstić information content (AvgIpc) is 1.30. The fourth-order valence-electron chi connectivity index (χ4n) is 0.223. The Balaban J connectivity index is 0. The molecule has 3 heteroatoms. The Kier molecular flexibility index (Phi) is 4.71. The molecule has 0 radical (unpaired) electrons. The second kappa shape index (κ2) is 3.67. The summed E-state index contributed by atoms with van der Waals surface area (Å²) in [4.78, 5) is 0. The topological polar surface area (TPSA) is 0 Å². The molecule has 1 saturated heterocycles. The van der Waals surface area contributed by atoms with Gasteiger partial charge in [0.2, 0.25) is 0 Å². The fourth-order valence-corrected chi connectivity index (χ4v) is 1.30. The van der Waals surface area contributed by atoms with Crippen LogP contribution in [0.2, 0.25) is 0 Å². The number of hydrogen-bond acceptors (Lipinski definition) is 2. The maximum Gasteiger partial charge on any atom is 1.00 e. The third-order valence-corrected chi connectivity index (χ3v) is 2.76. The molecule has 32 valence electrons. The smallest absolute Gasteiger partial charge is 1.00 e. The minimum absolute atomic E-state index is 0. The van der Waals surface area contributed by atoms with Crippen LogP contribution in [-0.2, 0) is 0 Å². The molecule has 0 aromatic heterocycles. The Morgan fingerprint density at radius 3 is 2.00 bits per heavy atom. The van der Waals surface area contributed by atoms with Crippen molar-refractivity contribution in [3.8, 4) is 0 Å². The van der Waals surface area contributed by atoms with Crippen molar-refractivity contribution in [1.29, 1.82) is 0 Å². The minimum atomic E-state index is 0. The summed E-state index contributed by atoms with van der Waals surface area (Å²) in [6.45, 7) is 0. The third-order valence-electron chi connectivity index (χ3n) is 0.620. The molecule has 1 rings (SSSR count). The van der Waals surface area contributed by atoms with Crippen molar-refractivity contribution in [3.05, 3.63) is 0 Å². The van der Waals surface area contributed by atoms with E-state index < -0.39 is 0 Å². The molecule has 0 nitrogen and oxygen atoms in total. The molecule has 6 heavy (non-hydrogen) atoms. The second-order valence-corrected chi connectivity index (χ2v) is 3.00. The van der Waals surface area contributed by atoms with E-state index in [9.17, 15) is 0 Å². The van der Waals surface area contributed by atoms with Crippen LogP contribution in [0.4, 0.5) is 0 Å². The molecule has 0 aromatic carbocycles. The van der Waals surface area contributed by atoms with E-state index in [4.69, 9.17) is 0 Å². The van der Waals surface area contributed by atoms with E-state index in [-0.39, 0.29) is 31.0 Å². The van der Waals surface area contributed by atoms with Gasteiger partial charge < -0.3 is 1.43 Å². The van der Waals surface area contributed by atoms with Gasteiger partial charge in [-0.2, -0.15) is 24.4 Å². The first-order valence-corrected chi connectivity index (χ1v) is 3.32. The average molecular weight is 130 g/mol. The normalized spacial score (nSPS) is 21.5. The molecule has 0 bridgehead atoms. The van der Waals surface area contributed by atoms with Crippen molar-refractivity contribution in [2.75, 3.05) is 11.5 Å². The van der Waals surface area contributed by atoms with E-state index >= 15 is 0 Å². The van der Waals surface area contributed by atoms with Crippen molar-refractivity contribution >= 4 is 24.4 Å². The van der Waals surface area contributed by atoms with Crippen LogP contribution in [0.1, 0.15) is 1.43 Å². The van der Waals surface area contributed by atoms with Gasteiger partial charge in [0.15, 0.2) is 0 Å². The third kappa shape index (κ3) is 2.12. The number of hydrogen-bond donors (Lipinski definition) is 1. The molecule has 1 heterocycles. The van der Waals surface area contributed by atoms with Crippen LogP contribution in [-0.4, -0.2) is 16.8 Å². The van der Waals surface area contributed by atoms with E-state index in [1.54, 1.807) is 0 Å². The zero-order valence-electron chi connectivity index (χ0n) is 4.85. The van der Waals surface area contributed by atoms with Crippen LogP contribution < -0.4 is 29.6 Å². The molecule has 0 aromatic rings. The largest absolute Gasteiger partial charge is 1.00 e. The van der Waals surface area contributed by atoms with Crippen LogP contribution in [0.25, 0.3) is 0 Å². The molecule has 0 amide bonds. The SMILES string of the molecule is SC1CSC1.[H-].[Na+]. The molecule has 0 saturated carbocycles. The molecular formula is C3H7NaS2. The van der Waals surface area contributed by atoms with E-state index in [0.717, 1.165) is 5.25 Å². The Bertz CT molecular complexity index is 39.9. The van der Waals surface area contributed by atoms with Crippen molar-refractivity contribution in [1.82, 2.24) is 0 Å². The van der Waals surface area contributed by atoms with Crippen molar-refractivity contribution in [2.45, 2.75) is 5.25 Å². The summed E-state index contributed by atoms with van der Waals surface area (Å²) in [6.07, 6.45) is 0. The van der Waals surface area contributed by atoms with Gasteiger partial charge >= 0.3 is 29.6 Å². The summed E-state index contributed by atoms with van der Waals surface area (Å²) in [5, 5.41) is 0.722. The zero-order chi connectivity index (χ0) is 3.70. The molecule has 1 aliphatic heterocycles. The first-order valence-electron chi connectivity index (χ1n) is 1.65. The van der Waals surface area contributed by atoms with E-state index in [1.165, 1.54) is 11.5 Å². The summed E-state index contributed by atoms with van der Waals surface area (Å²) in [7, 11) is 0. The molecule has 0 N–H and O–H groups in total. The van der Waals surface area contributed by atoms with Gasteiger partial charge in [0.05, 0.1) is 0 Å². The maximum absolute atomic E-state index is 4.16. The zero-order valence-corrected chi connectivity index (χ0v) is 7.56. The summed E-state index contributed by atoms with van der Waals surface area (Å²) in [5.74, 6) is 2.53. The van der Waals surface area contributed by atoms with E-state index in [1.807, 2.05) is 11.8 Å². The van der Waals surface area contributed by atoms with Crippen LogP contribution in [0.5, 0.6) is 0 Å². The Labute approximate surface area is 71.6 Å². The molecule has 1 aliphatic rings. The van der Waals surface area contributed by atoms with Crippen LogP contribution in [0, 0.1) is 0 Å². The Morgan fingerprint density at radius 2 is 2.00 bits per heavy atom. The van der Waals surface area contributed by atoms with Gasteiger partial charge in [0.25, 0.3) is 0 Å². The number of rotatable bonds is 0. The van der Waals surface area contributed by atoms with Gasteiger partial charge in [-0.25, -0.2) is 0 Å². The summed E-state index contributed by atoms with van der Waals surface area (Å²) < 4.78 is 0. The van der Waals surface area contributed by atoms with Crippen molar-refractivity contribution in [3.63, 3.8) is 0 Å². The van der Waals surface area contributed by atoms with Gasteiger partial charge in [-0.15, -0.1) is 0 Å². The van der Waals surface area contributed by atoms with Gasteiger partial charge in [0.1, 0.15) is 0 Å². The molecule has 0 aliphatic carbocycles. The molecular weight excluding hydrogens is 123 g/mol. The number of thiol groups is 1. The van der Waals surface area contributed by atoms with Crippen LogP contribution in [0.15, 0.2) is 0 Å². The number of thioether (sulfide) groups is 1. The monoisotopic (exact) mass is 130 g/mol. The van der Waals surface area contributed by atoms with Crippen molar-refractivity contribution in [2.24, 2.45) is 0 Å². The van der Waals surface area contributed by atoms with E-state index in [0.29, 0.717) is 0 Å². The molecule has 0 atom stereocenters. The van der Waals surface area contributed by atoms with Crippen molar-refractivity contribution < 1.29 is 31.0 Å².